The van der Waals surface area contributed by atoms with E-state index in [1.165, 1.54) is 0 Å². The predicted octanol–water partition coefficient (Wildman–Crippen LogP) is 3.23. The van der Waals surface area contributed by atoms with E-state index in [9.17, 15) is 4.79 Å². The summed E-state index contributed by atoms with van der Waals surface area (Å²) >= 11 is 0. The molecule has 0 spiro atoms. The van der Waals surface area contributed by atoms with Crippen LogP contribution in [0.5, 0.6) is 11.5 Å². The molecule has 33 heavy (non-hydrogen) atoms. The Kier molecular flexibility index (Phi) is 5.24. The van der Waals surface area contributed by atoms with E-state index in [0.29, 0.717) is 29.6 Å². The fourth-order valence-corrected chi connectivity index (χ4v) is 4.77. The molecule has 3 aromatic rings. The summed E-state index contributed by atoms with van der Waals surface area (Å²) < 4.78 is 22.4. The Balaban J connectivity index is 0.981. The van der Waals surface area contributed by atoms with E-state index >= 15 is 0 Å². The van der Waals surface area contributed by atoms with Gasteiger partial charge in [0.1, 0.15) is 0 Å². The zero-order chi connectivity index (χ0) is 22.2. The molecular formula is C25H25N3O5. The molecule has 8 nitrogen and oxygen atoms in total. The Morgan fingerprint density at radius 2 is 1.94 bits per heavy atom. The molecule has 170 valence electrons. The fraction of sp³-hybridized carbons (Fsp3) is 0.360. The standard InChI is InChI=1S/C25H25N3O5/c29-25(17-6-9-21-23(10-17)31-15-30-21)26-12-19-7-8-20-24(32-19)14-28(20)13-18-11-22(33-27-18)16-4-2-1-3-5-16/h1-6,9-11,19-20,24H,7-8,12-15H2,(H,26,29)/t19-,20+,24+/m0/s1. The number of likely N-dealkylation sites (tertiary alicyclic amines) is 1. The molecule has 2 fully saturated rings. The van der Waals surface area contributed by atoms with Crippen molar-refractivity contribution in [2.45, 2.75) is 37.6 Å². The Bertz CT molecular complexity index is 1150. The molecule has 2 aromatic carbocycles. The summed E-state index contributed by atoms with van der Waals surface area (Å²) in [4.78, 5) is 14.9. The topological polar surface area (TPSA) is 86.1 Å². The van der Waals surface area contributed by atoms with Gasteiger partial charge in [-0.3, -0.25) is 9.69 Å². The number of nitrogens with one attached hydrogen (secondary N) is 1. The monoisotopic (exact) mass is 447 g/mol. The molecule has 1 amide bonds. The van der Waals surface area contributed by atoms with Crippen LogP contribution in [0.2, 0.25) is 0 Å². The smallest absolute Gasteiger partial charge is 0.251 e. The second-order valence-corrected chi connectivity index (χ2v) is 8.70. The van der Waals surface area contributed by atoms with Gasteiger partial charge in [0.05, 0.1) is 17.9 Å². The molecule has 3 aliphatic heterocycles. The highest BCUT2D eigenvalue weighted by atomic mass is 16.7. The molecule has 0 bridgehead atoms. The van der Waals surface area contributed by atoms with Gasteiger partial charge in [0, 0.05) is 42.9 Å². The summed E-state index contributed by atoms with van der Waals surface area (Å²) in [5.41, 5.74) is 2.53. The van der Waals surface area contributed by atoms with E-state index in [2.05, 4.69) is 15.4 Å². The number of benzene rings is 2. The third kappa shape index (κ3) is 4.07. The Labute approximate surface area is 191 Å². The molecule has 0 unspecified atom stereocenters. The van der Waals surface area contributed by atoms with Gasteiger partial charge in [0.15, 0.2) is 17.3 Å². The normalized spacial score (nSPS) is 23.6. The SMILES string of the molecule is O=C(NC[C@@H]1CC[C@@H]2[C@@H](CN2Cc2cc(-c3ccccc3)on2)O1)c1ccc2c(c1)OCO2. The number of rotatable bonds is 6. The first-order chi connectivity index (χ1) is 16.2. The van der Waals surface area contributed by atoms with Gasteiger partial charge in [-0.1, -0.05) is 35.5 Å². The van der Waals surface area contributed by atoms with E-state index in [-0.39, 0.29) is 24.9 Å². The average molecular weight is 447 g/mol. The third-order valence-electron chi connectivity index (χ3n) is 6.57. The summed E-state index contributed by atoms with van der Waals surface area (Å²) in [5.74, 6) is 1.94. The minimum absolute atomic E-state index is 0.0306. The molecule has 3 aliphatic rings. The molecule has 2 saturated heterocycles. The fourth-order valence-electron chi connectivity index (χ4n) is 4.77. The number of amides is 1. The number of fused-ring (bicyclic) bond motifs is 2. The molecule has 1 N–H and O–H groups in total. The summed E-state index contributed by atoms with van der Waals surface area (Å²) in [6, 6.07) is 17.6. The number of aromatic nitrogens is 1. The van der Waals surface area contributed by atoms with Crippen LogP contribution in [-0.4, -0.2) is 54.1 Å². The lowest BCUT2D eigenvalue weighted by atomic mass is 9.89. The van der Waals surface area contributed by atoms with E-state index in [0.717, 1.165) is 42.9 Å². The highest BCUT2D eigenvalue weighted by Gasteiger charge is 2.44. The molecule has 6 rings (SSSR count). The quantitative estimate of drug-likeness (QED) is 0.621. The van der Waals surface area contributed by atoms with Crippen molar-refractivity contribution in [3.05, 3.63) is 65.9 Å². The van der Waals surface area contributed by atoms with Gasteiger partial charge in [0.2, 0.25) is 6.79 Å². The number of hydrogen-bond acceptors (Lipinski definition) is 7. The van der Waals surface area contributed by atoms with E-state index in [1.807, 2.05) is 36.4 Å². The maximum Gasteiger partial charge on any atom is 0.251 e. The number of nitrogens with zero attached hydrogens (tertiary/aromatic N) is 2. The molecule has 8 heteroatoms. The van der Waals surface area contributed by atoms with Crippen LogP contribution in [0.25, 0.3) is 11.3 Å². The predicted molar refractivity (Wildman–Crippen MR) is 119 cm³/mol. The van der Waals surface area contributed by atoms with Crippen molar-refractivity contribution in [2.24, 2.45) is 0 Å². The lowest BCUT2D eigenvalue weighted by Crippen LogP contribution is -2.64. The lowest BCUT2D eigenvalue weighted by molar-refractivity contribution is -0.168. The first kappa shape index (κ1) is 20.3. The van der Waals surface area contributed by atoms with Gasteiger partial charge in [-0.2, -0.15) is 0 Å². The second kappa shape index (κ2) is 8.53. The summed E-state index contributed by atoms with van der Waals surface area (Å²) in [6.45, 7) is 2.32. The van der Waals surface area contributed by atoms with Crippen molar-refractivity contribution in [1.82, 2.24) is 15.4 Å². The van der Waals surface area contributed by atoms with E-state index in [1.54, 1.807) is 18.2 Å². The average Bonchev–Trinajstić information content (AvgIpc) is 3.51. The van der Waals surface area contributed by atoms with Crippen LogP contribution in [0.1, 0.15) is 28.9 Å². The van der Waals surface area contributed by atoms with Gasteiger partial charge in [-0.25, -0.2) is 0 Å². The number of hydrogen-bond donors (Lipinski definition) is 1. The van der Waals surface area contributed by atoms with E-state index in [4.69, 9.17) is 18.7 Å². The Hall–Kier alpha value is -3.36. The summed E-state index contributed by atoms with van der Waals surface area (Å²) in [6.07, 6.45) is 2.18. The van der Waals surface area contributed by atoms with Crippen molar-refractivity contribution in [1.29, 1.82) is 0 Å². The van der Waals surface area contributed by atoms with Crippen LogP contribution >= 0.6 is 0 Å². The van der Waals surface area contributed by atoms with Crippen molar-refractivity contribution >= 4 is 5.91 Å². The zero-order valence-corrected chi connectivity index (χ0v) is 18.1. The highest BCUT2D eigenvalue weighted by Crippen LogP contribution is 2.34. The maximum atomic E-state index is 12.5. The van der Waals surface area contributed by atoms with Gasteiger partial charge in [-0.15, -0.1) is 0 Å². The van der Waals surface area contributed by atoms with Crippen molar-refractivity contribution < 1.29 is 23.5 Å². The summed E-state index contributed by atoms with van der Waals surface area (Å²) in [5, 5.41) is 7.24. The van der Waals surface area contributed by atoms with Gasteiger partial charge in [0.25, 0.3) is 5.91 Å². The van der Waals surface area contributed by atoms with Crippen LogP contribution in [0.15, 0.2) is 59.1 Å². The Morgan fingerprint density at radius 3 is 2.82 bits per heavy atom. The van der Waals surface area contributed by atoms with Gasteiger partial charge < -0.3 is 24.1 Å². The van der Waals surface area contributed by atoms with Crippen LogP contribution < -0.4 is 14.8 Å². The zero-order valence-electron chi connectivity index (χ0n) is 18.1. The Morgan fingerprint density at radius 1 is 1.06 bits per heavy atom. The largest absolute Gasteiger partial charge is 0.454 e. The number of ether oxygens (including phenoxy) is 3. The number of carbonyl (C=O) groups is 1. The van der Waals surface area contributed by atoms with Crippen LogP contribution in [0.3, 0.4) is 0 Å². The maximum absolute atomic E-state index is 12.5. The van der Waals surface area contributed by atoms with E-state index < -0.39 is 0 Å². The minimum Gasteiger partial charge on any atom is -0.454 e. The highest BCUT2D eigenvalue weighted by molar-refractivity contribution is 5.94. The third-order valence-corrected chi connectivity index (χ3v) is 6.57. The molecule has 1 aromatic heterocycles. The van der Waals surface area contributed by atoms with Crippen molar-refractivity contribution in [3.63, 3.8) is 0 Å². The lowest BCUT2D eigenvalue weighted by Gasteiger charge is -2.52. The number of carbonyl (C=O) groups excluding carboxylic acids is 1. The van der Waals surface area contributed by atoms with Crippen molar-refractivity contribution in [3.8, 4) is 22.8 Å². The van der Waals surface area contributed by atoms with Crippen molar-refractivity contribution in [2.75, 3.05) is 19.9 Å². The van der Waals surface area contributed by atoms with Crippen LogP contribution in [0, 0.1) is 0 Å². The summed E-state index contributed by atoms with van der Waals surface area (Å²) in [7, 11) is 0. The first-order valence-corrected chi connectivity index (χ1v) is 11.3. The molecular weight excluding hydrogens is 422 g/mol. The molecule has 3 atom stereocenters. The molecule has 4 heterocycles. The second-order valence-electron chi connectivity index (χ2n) is 8.70. The van der Waals surface area contributed by atoms with Gasteiger partial charge >= 0.3 is 0 Å². The minimum atomic E-state index is -0.130. The first-order valence-electron chi connectivity index (χ1n) is 11.3. The molecule has 0 aliphatic carbocycles. The molecule has 0 saturated carbocycles. The van der Waals surface area contributed by atoms with Crippen LogP contribution in [0.4, 0.5) is 0 Å². The van der Waals surface area contributed by atoms with Gasteiger partial charge in [-0.05, 0) is 31.0 Å². The van der Waals surface area contributed by atoms with Crippen LogP contribution in [-0.2, 0) is 11.3 Å². The molecule has 0 radical (unpaired) electrons.